The molecule has 0 bridgehead atoms. The molecule has 0 heterocycles. The molecule has 0 radical (unpaired) electrons. The quantitative estimate of drug-likeness (QED) is 0.170. The normalized spacial score (nSPS) is 10.9. The zero-order chi connectivity index (χ0) is 22.9. The summed E-state index contributed by atoms with van der Waals surface area (Å²) >= 11 is 11.5. The van der Waals surface area contributed by atoms with Gasteiger partial charge in [0.15, 0.2) is 11.5 Å². The molecule has 1 amide bonds. The number of nitrogens with one attached hydrogen (secondary N) is 1. The molecule has 0 saturated carbocycles. The van der Waals surface area contributed by atoms with Gasteiger partial charge in [0, 0.05) is 9.50 Å². The first kappa shape index (κ1) is 24.5. The van der Waals surface area contributed by atoms with Crippen molar-refractivity contribution in [2.24, 2.45) is 5.10 Å². The number of hydrogen-bond acceptors (Lipinski definition) is 4. The predicted molar refractivity (Wildman–Crippen MR) is 140 cm³/mol. The first-order valence-electron chi connectivity index (χ1n) is 9.84. The number of carbonyl (C=O) groups excluding carboxylic acids is 1. The summed E-state index contributed by atoms with van der Waals surface area (Å²) in [6, 6.07) is 18.9. The molecule has 1 N–H and O–H groups in total. The smallest absolute Gasteiger partial charge is 0.244 e. The van der Waals surface area contributed by atoms with E-state index in [2.05, 4.69) is 49.0 Å². The lowest BCUT2D eigenvalue weighted by atomic mass is 10.1. The van der Waals surface area contributed by atoms with E-state index in [9.17, 15) is 4.79 Å². The maximum atomic E-state index is 12.1. The number of nitrogens with zero attached hydrogens (tertiary/aromatic N) is 1. The Labute approximate surface area is 214 Å². The number of carbonyl (C=O) groups is 1. The van der Waals surface area contributed by atoms with Gasteiger partial charge < -0.3 is 9.47 Å². The molecule has 0 unspecified atom stereocenters. The second-order valence-corrected chi connectivity index (χ2v) is 9.29. The van der Waals surface area contributed by atoms with Crippen LogP contribution in [0.1, 0.15) is 23.6 Å². The molecule has 0 fully saturated rings. The number of hydrazone groups is 1. The number of hydrogen-bond donors (Lipinski definition) is 1. The maximum Gasteiger partial charge on any atom is 0.244 e. The lowest BCUT2D eigenvalue weighted by Crippen LogP contribution is -2.19. The molecule has 32 heavy (non-hydrogen) atoms. The molecular formula is C24H21BrClIN2O3. The minimum Gasteiger partial charge on any atom is -0.490 e. The van der Waals surface area contributed by atoms with Gasteiger partial charge in [-0.3, -0.25) is 4.79 Å². The largest absolute Gasteiger partial charge is 0.490 e. The van der Waals surface area contributed by atoms with Crippen molar-refractivity contribution in [2.75, 3.05) is 6.61 Å². The lowest BCUT2D eigenvalue weighted by molar-refractivity contribution is -0.120. The highest BCUT2D eigenvalue weighted by Gasteiger charge is 2.12. The van der Waals surface area contributed by atoms with E-state index in [1.165, 1.54) is 0 Å². The van der Waals surface area contributed by atoms with Gasteiger partial charge in [0.05, 0.1) is 22.8 Å². The second-order valence-electron chi connectivity index (χ2n) is 6.77. The molecule has 3 aromatic carbocycles. The van der Waals surface area contributed by atoms with Crippen molar-refractivity contribution in [1.29, 1.82) is 0 Å². The highest BCUT2D eigenvalue weighted by Crippen LogP contribution is 2.34. The molecule has 0 spiro atoms. The third-order valence-electron chi connectivity index (χ3n) is 4.31. The summed E-state index contributed by atoms with van der Waals surface area (Å²) in [6.07, 6.45) is 1.84. The van der Waals surface area contributed by atoms with Gasteiger partial charge in [-0.1, -0.05) is 51.8 Å². The average molecular weight is 628 g/mol. The van der Waals surface area contributed by atoms with Crippen LogP contribution in [-0.2, 0) is 17.8 Å². The summed E-state index contributed by atoms with van der Waals surface area (Å²) in [4.78, 5) is 12.1. The first-order chi connectivity index (χ1) is 15.4. The van der Waals surface area contributed by atoms with Crippen LogP contribution in [0.5, 0.6) is 11.5 Å². The van der Waals surface area contributed by atoms with Crippen molar-refractivity contribution in [2.45, 2.75) is 20.0 Å². The van der Waals surface area contributed by atoms with Crippen molar-refractivity contribution in [3.8, 4) is 11.5 Å². The van der Waals surface area contributed by atoms with E-state index in [-0.39, 0.29) is 12.3 Å². The highest BCUT2D eigenvalue weighted by atomic mass is 127. The van der Waals surface area contributed by atoms with Crippen LogP contribution in [0.3, 0.4) is 0 Å². The Hall–Kier alpha value is -2.10. The van der Waals surface area contributed by atoms with Crippen LogP contribution in [0, 0.1) is 3.57 Å². The molecule has 166 valence electrons. The van der Waals surface area contributed by atoms with E-state index < -0.39 is 0 Å². The zero-order valence-corrected chi connectivity index (χ0v) is 21.8. The third kappa shape index (κ3) is 7.50. The van der Waals surface area contributed by atoms with Crippen LogP contribution in [-0.4, -0.2) is 18.7 Å². The van der Waals surface area contributed by atoms with Gasteiger partial charge >= 0.3 is 0 Å². The summed E-state index contributed by atoms with van der Waals surface area (Å²) in [7, 11) is 0. The monoisotopic (exact) mass is 626 g/mol. The summed E-state index contributed by atoms with van der Waals surface area (Å²) in [6.45, 7) is 2.81. The fourth-order valence-electron chi connectivity index (χ4n) is 2.81. The molecule has 0 aliphatic heterocycles. The van der Waals surface area contributed by atoms with Gasteiger partial charge in [0.1, 0.15) is 6.61 Å². The Balaban J connectivity index is 1.65. The molecular weight excluding hydrogens is 607 g/mol. The average Bonchev–Trinajstić information content (AvgIpc) is 2.76. The Morgan fingerprint density at radius 2 is 1.78 bits per heavy atom. The number of benzene rings is 3. The van der Waals surface area contributed by atoms with Crippen LogP contribution in [0.4, 0.5) is 0 Å². The van der Waals surface area contributed by atoms with Gasteiger partial charge in [-0.05, 0) is 82.6 Å². The molecule has 0 aliphatic rings. The van der Waals surface area contributed by atoms with Gasteiger partial charge in [0.25, 0.3) is 0 Å². The molecule has 0 aliphatic carbocycles. The van der Waals surface area contributed by atoms with E-state index in [4.69, 9.17) is 21.1 Å². The molecule has 3 aromatic rings. The molecule has 3 rings (SSSR count). The fourth-order valence-corrected chi connectivity index (χ4v) is 3.98. The van der Waals surface area contributed by atoms with E-state index >= 15 is 0 Å². The molecule has 0 atom stereocenters. The Morgan fingerprint density at radius 3 is 2.47 bits per heavy atom. The minimum absolute atomic E-state index is 0.189. The van der Waals surface area contributed by atoms with Crippen LogP contribution < -0.4 is 14.9 Å². The van der Waals surface area contributed by atoms with Crippen LogP contribution >= 0.6 is 50.1 Å². The Morgan fingerprint density at radius 1 is 1.09 bits per heavy atom. The second kappa shape index (κ2) is 12.2. The number of halogens is 3. The Bertz CT molecular complexity index is 1090. The van der Waals surface area contributed by atoms with Gasteiger partial charge in [-0.15, -0.1) is 0 Å². The molecule has 5 nitrogen and oxygen atoms in total. The van der Waals surface area contributed by atoms with E-state index in [1.807, 2.05) is 67.6 Å². The lowest BCUT2D eigenvalue weighted by Gasteiger charge is -2.15. The topological polar surface area (TPSA) is 59.9 Å². The number of rotatable bonds is 9. The van der Waals surface area contributed by atoms with Gasteiger partial charge in [-0.2, -0.15) is 5.10 Å². The fraction of sp³-hybridized carbons (Fsp3) is 0.167. The van der Waals surface area contributed by atoms with Crippen LogP contribution in [0.2, 0.25) is 5.02 Å². The van der Waals surface area contributed by atoms with Crippen molar-refractivity contribution < 1.29 is 14.3 Å². The van der Waals surface area contributed by atoms with Crippen molar-refractivity contribution in [1.82, 2.24) is 5.43 Å². The first-order valence-corrected chi connectivity index (χ1v) is 12.1. The summed E-state index contributed by atoms with van der Waals surface area (Å²) < 4.78 is 13.7. The van der Waals surface area contributed by atoms with E-state index in [0.717, 1.165) is 24.7 Å². The van der Waals surface area contributed by atoms with Gasteiger partial charge in [-0.25, -0.2) is 5.43 Å². The van der Waals surface area contributed by atoms with Crippen molar-refractivity contribution >= 4 is 62.2 Å². The molecule has 0 aromatic heterocycles. The Kier molecular flexibility index (Phi) is 9.37. The zero-order valence-electron chi connectivity index (χ0n) is 17.3. The predicted octanol–water partition coefficient (Wildman–Crippen LogP) is 6.38. The minimum atomic E-state index is -0.189. The molecule has 8 heteroatoms. The van der Waals surface area contributed by atoms with E-state index in [0.29, 0.717) is 29.7 Å². The summed E-state index contributed by atoms with van der Waals surface area (Å²) in [5, 5.41) is 4.77. The summed E-state index contributed by atoms with van der Waals surface area (Å²) in [5.74, 6) is 1.10. The highest BCUT2D eigenvalue weighted by molar-refractivity contribution is 14.1. The summed E-state index contributed by atoms with van der Waals surface area (Å²) in [5.41, 5.74) is 5.28. The number of amides is 1. The van der Waals surface area contributed by atoms with Gasteiger partial charge in [0.2, 0.25) is 5.91 Å². The molecule has 0 saturated heterocycles. The van der Waals surface area contributed by atoms with Crippen molar-refractivity contribution in [3.63, 3.8) is 0 Å². The maximum absolute atomic E-state index is 12.1. The van der Waals surface area contributed by atoms with Crippen LogP contribution in [0.15, 0.2) is 70.2 Å². The van der Waals surface area contributed by atoms with Crippen LogP contribution in [0.25, 0.3) is 0 Å². The standard InChI is InChI=1S/C24H21BrClIN2O3/c1-2-31-22-12-18(14-28-29-23(30)13-16-3-7-19(25)8-4-16)11-21(27)24(22)32-15-17-5-9-20(26)10-6-17/h3-12,14H,2,13,15H2,1H3,(H,29,30)/b28-14-. The third-order valence-corrected chi connectivity index (χ3v) is 5.89. The van der Waals surface area contributed by atoms with Crippen molar-refractivity contribution in [3.05, 3.63) is 90.4 Å². The SMILES string of the molecule is CCOc1cc(/C=N\NC(=O)Cc2ccc(Br)cc2)cc(I)c1OCc1ccc(Cl)cc1. The van der Waals surface area contributed by atoms with E-state index in [1.54, 1.807) is 6.21 Å². The number of ether oxygens (including phenoxy) is 2.